The molecule has 0 fully saturated rings. The minimum absolute atomic E-state index is 0.0151. The monoisotopic (exact) mass is 351 g/mol. The summed E-state index contributed by atoms with van der Waals surface area (Å²) in [4.78, 5) is 3.96. The fraction of sp³-hybridized carbons (Fsp3) is 0.0667. The number of nitrogens with two attached hydrogens (primary N) is 4. The molecule has 1 heterocycles. The van der Waals surface area contributed by atoms with Crippen LogP contribution in [0.4, 0.5) is 24.7 Å². The first-order valence-corrected chi connectivity index (χ1v) is 6.95. The average Bonchev–Trinajstić information content (AvgIpc) is 2.59. The third kappa shape index (κ3) is 3.80. The van der Waals surface area contributed by atoms with E-state index in [0.717, 1.165) is 23.2 Å². The Morgan fingerprint density at radius 2 is 1.80 bits per heavy atom. The lowest BCUT2D eigenvalue weighted by Gasteiger charge is -2.19. The number of hydrazine groups is 1. The summed E-state index contributed by atoms with van der Waals surface area (Å²) in [6, 6.07) is 3.57. The lowest BCUT2D eigenvalue weighted by atomic mass is 10.0. The number of anilines is 2. The fourth-order valence-electron chi connectivity index (χ4n) is 2.10. The summed E-state index contributed by atoms with van der Waals surface area (Å²) in [5.41, 5.74) is 11.2. The van der Waals surface area contributed by atoms with E-state index in [0.29, 0.717) is 11.9 Å². The molecule has 0 spiro atoms. The molecule has 0 aliphatic carbocycles. The van der Waals surface area contributed by atoms with Gasteiger partial charge in [-0.25, -0.2) is 24.0 Å². The molecule has 1 aromatic heterocycles. The predicted octanol–water partition coefficient (Wildman–Crippen LogP) is 1.47. The van der Waals surface area contributed by atoms with Gasteiger partial charge in [-0.3, -0.25) is 5.01 Å². The summed E-state index contributed by atoms with van der Waals surface area (Å²) >= 11 is 0. The number of benzene rings is 1. The molecule has 0 radical (unpaired) electrons. The van der Waals surface area contributed by atoms with Gasteiger partial charge >= 0.3 is 0 Å². The number of halogens is 3. The van der Waals surface area contributed by atoms with Crippen molar-refractivity contribution in [3.63, 3.8) is 0 Å². The molecule has 0 unspecified atom stereocenters. The second-order valence-corrected chi connectivity index (χ2v) is 4.98. The Kier molecular flexibility index (Phi) is 5.45. The van der Waals surface area contributed by atoms with Crippen LogP contribution in [0.3, 0.4) is 0 Å². The first-order valence-electron chi connectivity index (χ1n) is 6.95. The number of pyridine rings is 1. The van der Waals surface area contributed by atoms with Gasteiger partial charge < -0.3 is 17.3 Å². The van der Waals surface area contributed by atoms with Crippen LogP contribution in [0, 0.1) is 11.6 Å². The number of nitrogen functional groups attached to an aromatic ring is 2. The Labute approximate surface area is 141 Å². The summed E-state index contributed by atoms with van der Waals surface area (Å²) in [7, 11) is 0. The van der Waals surface area contributed by atoms with Crippen LogP contribution in [0.1, 0.15) is 5.56 Å². The van der Waals surface area contributed by atoms with Gasteiger partial charge in [0, 0.05) is 11.8 Å². The smallest absolute Gasteiger partial charge is 0.173 e. The Hall–Kier alpha value is -3.27. The Morgan fingerprint density at radius 1 is 1.16 bits per heavy atom. The van der Waals surface area contributed by atoms with Gasteiger partial charge in [0.1, 0.15) is 23.1 Å². The van der Waals surface area contributed by atoms with Gasteiger partial charge in [-0.15, -0.1) is 0 Å². The van der Waals surface area contributed by atoms with E-state index in [2.05, 4.69) is 10.1 Å². The SMILES string of the molecule is N/N=C(/c1cc(-c2cc(F)c(N)c(F)c2)cnc1N)N(N)C/C=C/F. The van der Waals surface area contributed by atoms with E-state index < -0.39 is 17.3 Å². The number of nitrogens with zero attached hydrogens (tertiary/aromatic N) is 3. The molecule has 10 heteroatoms. The van der Waals surface area contributed by atoms with Crippen LogP contribution in [-0.2, 0) is 0 Å². The molecule has 25 heavy (non-hydrogen) atoms. The molecule has 0 saturated heterocycles. The number of rotatable bonds is 4. The number of hydrogen-bond acceptors (Lipinski definition) is 6. The van der Waals surface area contributed by atoms with Gasteiger partial charge in [0.25, 0.3) is 0 Å². The third-order valence-electron chi connectivity index (χ3n) is 3.36. The Morgan fingerprint density at radius 3 is 2.36 bits per heavy atom. The van der Waals surface area contributed by atoms with E-state index in [-0.39, 0.29) is 29.3 Å². The summed E-state index contributed by atoms with van der Waals surface area (Å²) in [5.74, 6) is 9.32. The average molecular weight is 351 g/mol. The van der Waals surface area contributed by atoms with Crippen LogP contribution < -0.4 is 23.2 Å². The molecular weight excluding hydrogens is 335 g/mol. The highest BCUT2D eigenvalue weighted by Gasteiger charge is 2.16. The minimum atomic E-state index is -0.908. The summed E-state index contributed by atoms with van der Waals surface area (Å²) in [6.07, 6.45) is 2.76. The first kappa shape index (κ1) is 18.1. The lowest BCUT2D eigenvalue weighted by Crippen LogP contribution is -2.39. The second kappa shape index (κ2) is 7.53. The molecule has 0 aliphatic heterocycles. The molecule has 0 amide bonds. The standard InChI is InChI=1S/C15H16F3N7/c16-2-1-3-25(22)15(24-21)10-4-9(7-23-14(10)20)8-5-11(17)13(19)12(18)6-8/h1-2,4-7H,3,19,21-22H2,(H2,20,23)/b2-1+,24-15-. The van der Waals surface area contributed by atoms with Crippen molar-refractivity contribution in [3.05, 3.63) is 54.0 Å². The van der Waals surface area contributed by atoms with Gasteiger partial charge in [-0.1, -0.05) is 0 Å². The van der Waals surface area contributed by atoms with Gasteiger partial charge in [0.05, 0.1) is 18.4 Å². The minimum Gasteiger partial charge on any atom is -0.394 e. The molecule has 1 aromatic carbocycles. The largest absolute Gasteiger partial charge is 0.394 e. The highest BCUT2D eigenvalue weighted by molar-refractivity contribution is 6.02. The fourth-order valence-corrected chi connectivity index (χ4v) is 2.10. The number of hydrazone groups is 1. The normalized spacial score (nSPS) is 11.9. The van der Waals surface area contributed by atoms with Crippen LogP contribution in [0.5, 0.6) is 0 Å². The molecule has 8 N–H and O–H groups in total. The van der Waals surface area contributed by atoms with Crippen molar-refractivity contribution < 1.29 is 13.2 Å². The van der Waals surface area contributed by atoms with Crippen molar-refractivity contribution in [2.24, 2.45) is 16.8 Å². The molecule has 0 saturated carbocycles. The quantitative estimate of drug-likeness (QED) is 0.217. The first-order chi connectivity index (χ1) is 11.9. The Balaban J connectivity index is 2.50. The van der Waals surface area contributed by atoms with Gasteiger partial charge in [-0.05, 0) is 29.8 Å². The van der Waals surface area contributed by atoms with E-state index in [1.165, 1.54) is 12.3 Å². The van der Waals surface area contributed by atoms with Crippen LogP contribution >= 0.6 is 0 Å². The van der Waals surface area contributed by atoms with Gasteiger partial charge in [0.2, 0.25) is 0 Å². The van der Waals surface area contributed by atoms with Crippen molar-refractivity contribution in [1.29, 1.82) is 0 Å². The lowest BCUT2D eigenvalue weighted by molar-refractivity contribution is 0.484. The van der Waals surface area contributed by atoms with Crippen LogP contribution in [0.15, 0.2) is 41.9 Å². The highest BCUT2D eigenvalue weighted by Crippen LogP contribution is 2.27. The maximum atomic E-state index is 13.7. The van der Waals surface area contributed by atoms with Gasteiger partial charge in [0.15, 0.2) is 5.84 Å². The zero-order valence-corrected chi connectivity index (χ0v) is 13.0. The maximum absolute atomic E-state index is 13.7. The van der Waals surface area contributed by atoms with Gasteiger partial charge in [-0.2, -0.15) is 5.10 Å². The predicted molar refractivity (Wildman–Crippen MR) is 90.3 cm³/mol. The van der Waals surface area contributed by atoms with Crippen molar-refractivity contribution in [2.45, 2.75) is 0 Å². The van der Waals surface area contributed by atoms with E-state index >= 15 is 0 Å². The molecule has 7 nitrogen and oxygen atoms in total. The summed E-state index contributed by atoms with van der Waals surface area (Å²) < 4.78 is 39.5. The topological polar surface area (TPSA) is 133 Å². The number of aromatic nitrogens is 1. The summed E-state index contributed by atoms with van der Waals surface area (Å²) in [6.45, 7) is -0.0403. The van der Waals surface area contributed by atoms with E-state index in [9.17, 15) is 13.2 Å². The van der Waals surface area contributed by atoms with E-state index in [1.54, 1.807) is 0 Å². The van der Waals surface area contributed by atoms with Crippen LogP contribution in [0.25, 0.3) is 11.1 Å². The molecule has 0 bridgehead atoms. The zero-order valence-electron chi connectivity index (χ0n) is 13.0. The second-order valence-electron chi connectivity index (χ2n) is 4.98. The number of amidine groups is 1. The van der Waals surface area contributed by atoms with E-state index in [4.69, 9.17) is 23.2 Å². The van der Waals surface area contributed by atoms with Crippen LogP contribution in [-0.4, -0.2) is 22.4 Å². The van der Waals surface area contributed by atoms with Crippen molar-refractivity contribution in [3.8, 4) is 11.1 Å². The van der Waals surface area contributed by atoms with Crippen molar-refractivity contribution >= 4 is 17.3 Å². The molecule has 0 atom stereocenters. The highest BCUT2D eigenvalue weighted by atomic mass is 19.1. The molecule has 2 aromatic rings. The summed E-state index contributed by atoms with van der Waals surface area (Å²) in [5, 5.41) is 4.57. The zero-order chi connectivity index (χ0) is 18.6. The van der Waals surface area contributed by atoms with E-state index in [1.807, 2.05) is 0 Å². The molecule has 132 valence electrons. The molecule has 2 rings (SSSR count). The Bertz CT molecular complexity index is 813. The maximum Gasteiger partial charge on any atom is 0.173 e. The van der Waals surface area contributed by atoms with Crippen molar-refractivity contribution in [2.75, 3.05) is 18.0 Å². The number of hydrogen-bond donors (Lipinski definition) is 4. The molecular formula is C15H16F3N7. The van der Waals surface area contributed by atoms with Crippen molar-refractivity contribution in [1.82, 2.24) is 9.99 Å². The third-order valence-corrected chi connectivity index (χ3v) is 3.36. The van der Waals surface area contributed by atoms with Crippen LogP contribution in [0.2, 0.25) is 0 Å². The molecule has 0 aliphatic rings.